The van der Waals surface area contributed by atoms with Gasteiger partial charge in [0.15, 0.2) is 0 Å². The largest absolute Gasteiger partial charge is 0.507 e. The summed E-state index contributed by atoms with van der Waals surface area (Å²) in [7, 11) is -3.82. The first-order chi connectivity index (χ1) is 15.1. The van der Waals surface area contributed by atoms with Crippen molar-refractivity contribution in [3.05, 3.63) is 87.4 Å². The maximum absolute atomic E-state index is 13.2. The number of sulfonamides is 1. The molecule has 0 aliphatic carbocycles. The van der Waals surface area contributed by atoms with E-state index in [-0.39, 0.29) is 10.6 Å². The SMILES string of the molecule is Cc1ccc(S(=O)(=O)Nc2cc(C)c(C)c(C)c2-c2c(O)ccc3cc(Br)ccc23)cc1. The van der Waals surface area contributed by atoms with Gasteiger partial charge in [-0.2, -0.15) is 0 Å². The van der Waals surface area contributed by atoms with Crippen molar-refractivity contribution in [1.82, 2.24) is 0 Å². The number of fused-ring (bicyclic) bond motifs is 1. The molecule has 32 heavy (non-hydrogen) atoms. The van der Waals surface area contributed by atoms with Gasteiger partial charge in [0, 0.05) is 15.6 Å². The Morgan fingerprint density at radius 3 is 2.19 bits per heavy atom. The van der Waals surface area contributed by atoms with Gasteiger partial charge in [-0.3, -0.25) is 4.72 Å². The number of nitrogens with one attached hydrogen (secondary N) is 1. The van der Waals surface area contributed by atoms with E-state index < -0.39 is 10.0 Å². The smallest absolute Gasteiger partial charge is 0.261 e. The Labute approximate surface area is 197 Å². The highest BCUT2D eigenvalue weighted by Crippen LogP contribution is 2.44. The van der Waals surface area contributed by atoms with Gasteiger partial charge >= 0.3 is 0 Å². The monoisotopic (exact) mass is 509 g/mol. The van der Waals surface area contributed by atoms with E-state index in [1.807, 2.05) is 58.0 Å². The number of benzene rings is 4. The van der Waals surface area contributed by atoms with Gasteiger partial charge in [-0.1, -0.05) is 45.8 Å². The predicted molar refractivity (Wildman–Crippen MR) is 135 cm³/mol. The molecule has 0 amide bonds. The second-order valence-corrected chi connectivity index (χ2v) is 10.7. The van der Waals surface area contributed by atoms with Crippen LogP contribution in [0.2, 0.25) is 0 Å². The Kier molecular flexibility index (Phi) is 5.77. The molecule has 4 nitrogen and oxygen atoms in total. The van der Waals surface area contributed by atoms with E-state index in [0.29, 0.717) is 16.8 Å². The van der Waals surface area contributed by atoms with Crippen LogP contribution in [0.25, 0.3) is 21.9 Å². The molecule has 4 rings (SSSR count). The van der Waals surface area contributed by atoms with Gasteiger partial charge in [0.2, 0.25) is 0 Å². The summed E-state index contributed by atoms with van der Waals surface area (Å²) in [6.07, 6.45) is 0. The summed E-state index contributed by atoms with van der Waals surface area (Å²) in [5, 5.41) is 12.7. The summed E-state index contributed by atoms with van der Waals surface area (Å²) < 4.78 is 30.1. The van der Waals surface area contributed by atoms with E-state index in [4.69, 9.17) is 0 Å². The van der Waals surface area contributed by atoms with Crippen LogP contribution < -0.4 is 4.72 Å². The molecule has 0 spiro atoms. The number of rotatable bonds is 4. The second kappa shape index (κ2) is 8.26. The van der Waals surface area contributed by atoms with Gasteiger partial charge in [0.1, 0.15) is 5.75 Å². The topological polar surface area (TPSA) is 66.4 Å². The summed E-state index contributed by atoms with van der Waals surface area (Å²) in [4.78, 5) is 0.191. The zero-order valence-corrected chi connectivity index (χ0v) is 20.7. The fraction of sp³-hybridized carbons (Fsp3) is 0.154. The van der Waals surface area contributed by atoms with Gasteiger partial charge in [0.25, 0.3) is 10.0 Å². The van der Waals surface area contributed by atoms with Crippen LogP contribution in [-0.2, 0) is 10.0 Å². The minimum Gasteiger partial charge on any atom is -0.507 e. The quantitative estimate of drug-likeness (QED) is 0.310. The normalized spacial score (nSPS) is 11.7. The van der Waals surface area contributed by atoms with E-state index in [0.717, 1.165) is 37.5 Å². The average Bonchev–Trinajstić information content (AvgIpc) is 2.73. The van der Waals surface area contributed by atoms with Crippen molar-refractivity contribution >= 4 is 42.4 Å². The van der Waals surface area contributed by atoms with Crippen molar-refractivity contribution in [1.29, 1.82) is 0 Å². The first-order valence-corrected chi connectivity index (χ1v) is 12.5. The number of hydrogen-bond acceptors (Lipinski definition) is 3. The third kappa shape index (κ3) is 4.00. The van der Waals surface area contributed by atoms with Crippen molar-refractivity contribution in [2.24, 2.45) is 0 Å². The number of phenols is 1. The van der Waals surface area contributed by atoms with E-state index in [9.17, 15) is 13.5 Å². The van der Waals surface area contributed by atoms with Crippen LogP contribution in [-0.4, -0.2) is 13.5 Å². The Morgan fingerprint density at radius 2 is 1.50 bits per heavy atom. The zero-order chi connectivity index (χ0) is 23.2. The summed E-state index contributed by atoms with van der Waals surface area (Å²) in [5.74, 6) is 0.0990. The molecule has 0 aliphatic heterocycles. The summed E-state index contributed by atoms with van der Waals surface area (Å²) in [5.41, 5.74) is 5.64. The summed E-state index contributed by atoms with van der Waals surface area (Å²) >= 11 is 3.50. The van der Waals surface area contributed by atoms with Crippen molar-refractivity contribution in [3.63, 3.8) is 0 Å². The van der Waals surface area contributed by atoms with Crippen LogP contribution in [0.15, 0.2) is 70.0 Å². The molecule has 0 heterocycles. The van der Waals surface area contributed by atoms with Crippen LogP contribution in [0.4, 0.5) is 5.69 Å². The van der Waals surface area contributed by atoms with Gasteiger partial charge in [-0.25, -0.2) is 8.42 Å². The number of aromatic hydroxyl groups is 1. The number of phenolic OH excluding ortho intramolecular Hbond substituents is 1. The summed E-state index contributed by atoms with van der Waals surface area (Å²) in [6.45, 7) is 7.83. The molecular formula is C26H24BrNO3S. The maximum Gasteiger partial charge on any atom is 0.261 e. The molecule has 4 aromatic rings. The number of aryl methyl sites for hydroxylation is 2. The molecule has 0 bridgehead atoms. The minimum absolute atomic E-state index is 0.0990. The minimum atomic E-state index is -3.82. The van der Waals surface area contributed by atoms with Crippen LogP contribution in [0, 0.1) is 27.7 Å². The van der Waals surface area contributed by atoms with Gasteiger partial charge in [0.05, 0.1) is 10.6 Å². The Hall–Kier alpha value is -2.83. The molecule has 2 N–H and O–H groups in total. The highest BCUT2D eigenvalue weighted by atomic mass is 79.9. The average molecular weight is 510 g/mol. The molecule has 0 aromatic heterocycles. The standard InChI is InChI=1S/C26H24BrNO3S/c1-15-5-9-21(10-6-15)32(30,31)28-23-13-16(2)17(3)18(4)25(23)26-22-11-8-20(27)14-19(22)7-12-24(26)29/h5-14,28-29H,1-4H3. The van der Waals surface area contributed by atoms with Crippen molar-refractivity contribution in [3.8, 4) is 16.9 Å². The molecule has 164 valence electrons. The Balaban J connectivity index is 1.99. The number of hydrogen-bond donors (Lipinski definition) is 2. The third-order valence-electron chi connectivity index (χ3n) is 5.94. The van der Waals surface area contributed by atoms with Crippen LogP contribution in [0.1, 0.15) is 22.3 Å². The lowest BCUT2D eigenvalue weighted by molar-refractivity contribution is 0.478. The highest BCUT2D eigenvalue weighted by Gasteiger charge is 2.22. The lowest BCUT2D eigenvalue weighted by Gasteiger charge is -2.21. The first kappa shape index (κ1) is 22.4. The van der Waals surface area contributed by atoms with E-state index in [2.05, 4.69) is 20.7 Å². The Bertz CT molecular complexity index is 1460. The number of halogens is 1. The first-order valence-electron chi connectivity index (χ1n) is 10.2. The zero-order valence-electron chi connectivity index (χ0n) is 18.3. The van der Waals surface area contributed by atoms with E-state index in [1.165, 1.54) is 0 Å². The fourth-order valence-electron chi connectivity index (χ4n) is 3.96. The van der Waals surface area contributed by atoms with Gasteiger partial charge in [-0.15, -0.1) is 0 Å². The highest BCUT2D eigenvalue weighted by molar-refractivity contribution is 9.10. The van der Waals surface area contributed by atoms with Crippen molar-refractivity contribution in [2.75, 3.05) is 4.72 Å². The third-order valence-corrected chi connectivity index (χ3v) is 7.82. The van der Waals surface area contributed by atoms with Crippen LogP contribution in [0.5, 0.6) is 5.75 Å². The Morgan fingerprint density at radius 1 is 0.812 bits per heavy atom. The van der Waals surface area contributed by atoms with Crippen molar-refractivity contribution < 1.29 is 13.5 Å². The summed E-state index contributed by atoms with van der Waals surface area (Å²) in [6, 6.07) is 17.9. The second-order valence-electron chi connectivity index (χ2n) is 8.11. The molecule has 0 fully saturated rings. The molecule has 0 saturated heterocycles. The molecule has 0 unspecified atom stereocenters. The molecule has 0 saturated carbocycles. The maximum atomic E-state index is 13.2. The lowest BCUT2D eigenvalue weighted by atomic mass is 9.89. The van der Waals surface area contributed by atoms with Crippen LogP contribution in [0.3, 0.4) is 0 Å². The van der Waals surface area contributed by atoms with Gasteiger partial charge < -0.3 is 5.11 Å². The predicted octanol–water partition coefficient (Wildman–Crippen LogP) is 7.01. The molecule has 4 aromatic carbocycles. The van der Waals surface area contributed by atoms with E-state index >= 15 is 0 Å². The molecular weight excluding hydrogens is 486 g/mol. The molecule has 0 aliphatic rings. The lowest BCUT2D eigenvalue weighted by Crippen LogP contribution is -2.14. The van der Waals surface area contributed by atoms with Crippen LogP contribution >= 0.6 is 15.9 Å². The fourth-order valence-corrected chi connectivity index (χ4v) is 5.40. The molecule has 0 radical (unpaired) electrons. The molecule has 6 heteroatoms. The number of anilines is 1. The van der Waals surface area contributed by atoms with Crippen molar-refractivity contribution in [2.45, 2.75) is 32.6 Å². The molecule has 0 atom stereocenters. The van der Waals surface area contributed by atoms with E-state index in [1.54, 1.807) is 30.3 Å². The van der Waals surface area contributed by atoms with Gasteiger partial charge in [-0.05, 0) is 91.6 Å².